The minimum Gasteiger partial charge on any atom is -0.493 e. The standard InChI is InChI=1S/C21H22O5/c1-21(2,20(23)24)16-8-9-17-18(11-16)25-12-15(19(17)26-13-22)10-14-6-4-3-5-7-14/h3-9,11,13,15,19H,10,12H2,1-2H3,(H,23,24)/t15-,19-/m0/s1. The van der Waals surface area contributed by atoms with Crippen LogP contribution in [-0.4, -0.2) is 24.2 Å². The predicted octanol–water partition coefficient (Wildman–Crippen LogP) is 3.51. The van der Waals surface area contributed by atoms with Crippen molar-refractivity contribution in [1.29, 1.82) is 0 Å². The van der Waals surface area contributed by atoms with Gasteiger partial charge in [-0.1, -0.05) is 42.5 Å². The van der Waals surface area contributed by atoms with Gasteiger partial charge in [0.15, 0.2) is 0 Å². The van der Waals surface area contributed by atoms with Crippen molar-refractivity contribution < 1.29 is 24.2 Å². The van der Waals surface area contributed by atoms with Crippen LogP contribution in [0.2, 0.25) is 0 Å². The Morgan fingerprint density at radius 3 is 2.65 bits per heavy atom. The number of fused-ring (bicyclic) bond motifs is 1. The first-order valence-electron chi connectivity index (χ1n) is 8.57. The summed E-state index contributed by atoms with van der Waals surface area (Å²) in [4.78, 5) is 22.6. The normalized spacial score (nSPS) is 19.2. The Bertz CT molecular complexity index is 797. The van der Waals surface area contributed by atoms with Crippen LogP contribution in [0.1, 0.15) is 36.6 Å². The third-order valence-electron chi connectivity index (χ3n) is 5.00. The van der Waals surface area contributed by atoms with Crippen LogP contribution >= 0.6 is 0 Å². The summed E-state index contributed by atoms with van der Waals surface area (Å²) in [6, 6.07) is 15.3. The van der Waals surface area contributed by atoms with Crippen LogP contribution in [0.3, 0.4) is 0 Å². The molecule has 136 valence electrons. The molecule has 2 aromatic rings. The summed E-state index contributed by atoms with van der Waals surface area (Å²) < 4.78 is 11.3. The fourth-order valence-corrected chi connectivity index (χ4v) is 3.27. The van der Waals surface area contributed by atoms with E-state index in [1.165, 1.54) is 0 Å². The highest BCUT2D eigenvalue weighted by Crippen LogP contribution is 2.41. The van der Waals surface area contributed by atoms with E-state index in [4.69, 9.17) is 9.47 Å². The maximum absolute atomic E-state index is 11.5. The fraction of sp³-hybridized carbons (Fsp3) is 0.333. The second kappa shape index (κ2) is 7.20. The van der Waals surface area contributed by atoms with Crippen LogP contribution in [0.5, 0.6) is 5.75 Å². The summed E-state index contributed by atoms with van der Waals surface area (Å²) in [5, 5.41) is 9.43. The maximum Gasteiger partial charge on any atom is 0.313 e. The molecule has 1 N–H and O–H groups in total. The van der Waals surface area contributed by atoms with Crippen molar-refractivity contribution in [2.24, 2.45) is 5.92 Å². The predicted molar refractivity (Wildman–Crippen MR) is 96.1 cm³/mol. The number of rotatable bonds is 6. The molecule has 0 aromatic heterocycles. The maximum atomic E-state index is 11.5. The van der Waals surface area contributed by atoms with Crippen LogP contribution < -0.4 is 4.74 Å². The molecular formula is C21H22O5. The van der Waals surface area contributed by atoms with Gasteiger partial charge in [0.1, 0.15) is 11.9 Å². The first kappa shape index (κ1) is 18.0. The summed E-state index contributed by atoms with van der Waals surface area (Å²) in [6.07, 6.45) is 0.305. The van der Waals surface area contributed by atoms with Crippen molar-refractivity contribution in [3.63, 3.8) is 0 Å². The summed E-state index contributed by atoms with van der Waals surface area (Å²) in [5.41, 5.74) is 1.54. The molecule has 2 atom stereocenters. The molecule has 1 heterocycles. The number of benzene rings is 2. The van der Waals surface area contributed by atoms with Crippen molar-refractivity contribution in [2.75, 3.05) is 6.61 Å². The van der Waals surface area contributed by atoms with Gasteiger partial charge in [0.05, 0.1) is 12.0 Å². The van der Waals surface area contributed by atoms with Crippen LogP contribution in [0.25, 0.3) is 0 Å². The molecule has 0 amide bonds. The molecule has 5 nitrogen and oxygen atoms in total. The zero-order valence-electron chi connectivity index (χ0n) is 14.8. The van der Waals surface area contributed by atoms with E-state index in [0.717, 1.165) is 17.5 Å². The van der Waals surface area contributed by atoms with Gasteiger partial charge in [0.25, 0.3) is 6.47 Å². The molecule has 3 rings (SSSR count). The molecule has 0 saturated carbocycles. The van der Waals surface area contributed by atoms with E-state index >= 15 is 0 Å². The Balaban J connectivity index is 1.91. The number of carbonyl (C=O) groups excluding carboxylic acids is 1. The fourth-order valence-electron chi connectivity index (χ4n) is 3.27. The van der Waals surface area contributed by atoms with Gasteiger partial charge in [-0.15, -0.1) is 0 Å². The van der Waals surface area contributed by atoms with Crippen LogP contribution in [0.4, 0.5) is 0 Å². The van der Waals surface area contributed by atoms with E-state index < -0.39 is 17.5 Å². The smallest absolute Gasteiger partial charge is 0.313 e. The Hall–Kier alpha value is -2.82. The monoisotopic (exact) mass is 354 g/mol. The molecule has 0 saturated heterocycles. The Kier molecular flexibility index (Phi) is 4.98. The van der Waals surface area contributed by atoms with Crippen molar-refractivity contribution in [1.82, 2.24) is 0 Å². The molecule has 2 aromatic carbocycles. The van der Waals surface area contributed by atoms with Crippen molar-refractivity contribution >= 4 is 12.4 Å². The van der Waals surface area contributed by atoms with Crippen LogP contribution in [0.15, 0.2) is 48.5 Å². The summed E-state index contributed by atoms with van der Waals surface area (Å²) in [7, 11) is 0. The minimum absolute atomic E-state index is 0.00608. The van der Waals surface area contributed by atoms with Crippen molar-refractivity contribution in [3.05, 3.63) is 65.2 Å². The highest BCUT2D eigenvalue weighted by Gasteiger charge is 2.35. The minimum atomic E-state index is -1.03. The SMILES string of the molecule is CC(C)(C(=O)O)c1ccc2c(c1)OC[C@H](Cc1ccccc1)[C@@H]2OC=O. The molecule has 26 heavy (non-hydrogen) atoms. The van der Waals surface area contributed by atoms with E-state index in [2.05, 4.69) is 0 Å². The zero-order valence-corrected chi connectivity index (χ0v) is 14.8. The molecule has 0 bridgehead atoms. The number of ether oxygens (including phenoxy) is 2. The average Bonchev–Trinajstić information content (AvgIpc) is 2.64. The van der Waals surface area contributed by atoms with E-state index in [0.29, 0.717) is 24.4 Å². The quantitative estimate of drug-likeness (QED) is 0.804. The lowest BCUT2D eigenvalue weighted by atomic mass is 9.82. The van der Waals surface area contributed by atoms with Gasteiger partial charge < -0.3 is 14.6 Å². The summed E-state index contributed by atoms with van der Waals surface area (Å²) >= 11 is 0. The molecule has 0 radical (unpaired) electrons. The lowest BCUT2D eigenvalue weighted by molar-refractivity contribution is -0.142. The Morgan fingerprint density at radius 2 is 2.00 bits per heavy atom. The lowest BCUT2D eigenvalue weighted by Gasteiger charge is -2.33. The molecule has 1 aliphatic rings. The highest BCUT2D eigenvalue weighted by molar-refractivity contribution is 5.80. The second-order valence-electron chi connectivity index (χ2n) is 7.10. The number of aliphatic carboxylic acids is 1. The largest absolute Gasteiger partial charge is 0.493 e. The first-order valence-corrected chi connectivity index (χ1v) is 8.57. The van der Waals surface area contributed by atoms with Crippen molar-refractivity contribution in [2.45, 2.75) is 31.8 Å². The van der Waals surface area contributed by atoms with E-state index in [1.807, 2.05) is 30.3 Å². The lowest BCUT2D eigenvalue weighted by Crippen LogP contribution is -2.31. The number of carboxylic acids is 1. The number of hydrogen-bond donors (Lipinski definition) is 1. The van der Waals surface area contributed by atoms with Gasteiger partial charge in [-0.05, 0) is 37.5 Å². The topological polar surface area (TPSA) is 72.8 Å². The molecule has 5 heteroatoms. The summed E-state index contributed by atoms with van der Waals surface area (Å²) in [6.45, 7) is 4.17. The third kappa shape index (κ3) is 3.43. The van der Waals surface area contributed by atoms with Gasteiger partial charge in [0, 0.05) is 11.5 Å². The summed E-state index contributed by atoms with van der Waals surface area (Å²) in [5.74, 6) is -0.336. The molecular weight excluding hydrogens is 332 g/mol. The number of hydrogen-bond acceptors (Lipinski definition) is 4. The van der Waals surface area contributed by atoms with Crippen LogP contribution in [0, 0.1) is 5.92 Å². The van der Waals surface area contributed by atoms with Crippen molar-refractivity contribution in [3.8, 4) is 5.75 Å². The van der Waals surface area contributed by atoms with E-state index in [1.54, 1.807) is 32.0 Å². The van der Waals surface area contributed by atoms with Crippen LogP contribution in [-0.2, 0) is 26.2 Å². The number of carbonyl (C=O) groups is 2. The first-order chi connectivity index (χ1) is 12.4. The molecule has 0 aliphatic carbocycles. The van der Waals surface area contributed by atoms with Gasteiger partial charge in [0.2, 0.25) is 0 Å². The third-order valence-corrected chi connectivity index (χ3v) is 5.00. The van der Waals surface area contributed by atoms with E-state index in [9.17, 15) is 14.7 Å². The average molecular weight is 354 g/mol. The van der Waals surface area contributed by atoms with Gasteiger partial charge in [-0.3, -0.25) is 9.59 Å². The van der Waals surface area contributed by atoms with Gasteiger partial charge in [-0.25, -0.2) is 0 Å². The van der Waals surface area contributed by atoms with E-state index in [-0.39, 0.29) is 5.92 Å². The molecule has 0 spiro atoms. The molecule has 0 fully saturated rings. The Morgan fingerprint density at radius 1 is 1.27 bits per heavy atom. The van der Waals surface area contributed by atoms with Gasteiger partial charge >= 0.3 is 5.97 Å². The number of carboxylic acid groups (broad SMARTS) is 1. The Labute approximate surface area is 152 Å². The second-order valence-corrected chi connectivity index (χ2v) is 7.10. The molecule has 1 aliphatic heterocycles. The zero-order chi connectivity index (χ0) is 18.7. The van der Waals surface area contributed by atoms with Gasteiger partial charge in [-0.2, -0.15) is 0 Å². The molecule has 0 unspecified atom stereocenters. The highest BCUT2D eigenvalue weighted by atomic mass is 16.5.